The number of fused-ring (bicyclic) bond motifs is 1. The standard InChI is InChI=1S/C7H6N4O3/c8-4(12)3-5(13)10-7-9-1-2-11(7)6(3)14/h1-2,13H,(H2,8,12)(H,9,10). The number of nitrogens with zero attached hydrogens (tertiary/aromatic N) is 2. The predicted molar refractivity (Wildman–Crippen MR) is 46.0 cm³/mol. The molecule has 2 heterocycles. The quantitative estimate of drug-likeness (QED) is 0.530. The summed E-state index contributed by atoms with van der Waals surface area (Å²) in [4.78, 5) is 28.5. The number of H-pyrrole nitrogens is 1. The van der Waals surface area contributed by atoms with Gasteiger partial charge in [-0.25, -0.2) is 0 Å². The maximum absolute atomic E-state index is 11.5. The molecule has 0 unspecified atom stereocenters. The number of carbonyl (C=O) groups excluding carboxylic acids is 1. The molecule has 2 aromatic rings. The SMILES string of the molecule is NC(=O)c1c(O)nc2[nH]ccn2c1=O. The molecule has 0 bridgehead atoms. The second kappa shape index (κ2) is 2.59. The van der Waals surface area contributed by atoms with Crippen molar-refractivity contribution in [1.29, 1.82) is 0 Å². The molecule has 4 N–H and O–H groups in total. The molecule has 0 atom stereocenters. The number of nitrogens with two attached hydrogens (primary N) is 1. The summed E-state index contributed by atoms with van der Waals surface area (Å²) >= 11 is 0. The Kier molecular flexibility index (Phi) is 1.53. The zero-order valence-electron chi connectivity index (χ0n) is 6.89. The van der Waals surface area contributed by atoms with Gasteiger partial charge in [-0.15, -0.1) is 0 Å². The number of imidazole rings is 1. The van der Waals surface area contributed by atoms with Crippen molar-refractivity contribution in [2.45, 2.75) is 0 Å². The average molecular weight is 194 g/mol. The van der Waals surface area contributed by atoms with Crippen LogP contribution < -0.4 is 11.3 Å². The Bertz CT molecular complexity index is 568. The fraction of sp³-hybridized carbons (Fsp3) is 0. The lowest BCUT2D eigenvalue weighted by Gasteiger charge is -1.98. The summed E-state index contributed by atoms with van der Waals surface area (Å²) in [7, 11) is 0. The third-order valence-electron chi connectivity index (χ3n) is 1.78. The summed E-state index contributed by atoms with van der Waals surface area (Å²) in [5, 5.41) is 9.23. The fourth-order valence-corrected chi connectivity index (χ4v) is 1.16. The van der Waals surface area contributed by atoms with E-state index in [0.717, 1.165) is 4.40 Å². The smallest absolute Gasteiger partial charge is 0.275 e. The van der Waals surface area contributed by atoms with Crippen molar-refractivity contribution in [2.24, 2.45) is 5.73 Å². The van der Waals surface area contributed by atoms with Gasteiger partial charge in [0.25, 0.3) is 11.5 Å². The molecule has 0 aliphatic heterocycles. The number of carbonyl (C=O) groups is 1. The first kappa shape index (κ1) is 8.30. The molecule has 1 amide bonds. The third kappa shape index (κ3) is 0.954. The second-order valence-electron chi connectivity index (χ2n) is 2.63. The van der Waals surface area contributed by atoms with E-state index in [2.05, 4.69) is 9.97 Å². The lowest BCUT2D eigenvalue weighted by Crippen LogP contribution is -2.26. The summed E-state index contributed by atoms with van der Waals surface area (Å²) in [5.41, 5.74) is 3.71. The van der Waals surface area contributed by atoms with Crippen LogP contribution in [-0.4, -0.2) is 25.4 Å². The summed E-state index contributed by atoms with van der Waals surface area (Å²) in [6, 6.07) is 0. The highest BCUT2D eigenvalue weighted by Gasteiger charge is 2.16. The van der Waals surface area contributed by atoms with Crippen molar-refractivity contribution < 1.29 is 9.90 Å². The second-order valence-corrected chi connectivity index (χ2v) is 2.63. The number of rotatable bonds is 1. The first-order valence-electron chi connectivity index (χ1n) is 3.70. The van der Waals surface area contributed by atoms with E-state index in [-0.39, 0.29) is 5.78 Å². The van der Waals surface area contributed by atoms with Gasteiger partial charge in [-0.3, -0.25) is 14.0 Å². The first-order valence-corrected chi connectivity index (χ1v) is 3.70. The van der Waals surface area contributed by atoms with E-state index in [0.29, 0.717) is 0 Å². The van der Waals surface area contributed by atoms with E-state index in [1.54, 1.807) is 0 Å². The van der Waals surface area contributed by atoms with Gasteiger partial charge in [0.05, 0.1) is 0 Å². The van der Waals surface area contributed by atoms with Crippen LogP contribution in [0.25, 0.3) is 5.78 Å². The van der Waals surface area contributed by atoms with Crippen molar-refractivity contribution in [1.82, 2.24) is 14.4 Å². The van der Waals surface area contributed by atoms with Crippen LogP contribution in [0.1, 0.15) is 10.4 Å². The molecule has 0 saturated carbocycles. The van der Waals surface area contributed by atoms with E-state index >= 15 is 0 Å². The van der Waals surface area contributed by atoms with E-state index in [9.17, 15) is 14.7 Å². The van der Waals surface area contributed by atoms with Gasteiger partial charge in [0.2, 0.25) is 11.7 Å². The van der Waals surface area contributed by atoms with Crippen LogP contribution in [0.5, 0.6) is 5.88 Å². The molecule has 0 aromatic carbocycles. The maximum atomic E-state index is 11.5. The Morgan fingerprint density at radius 3 is 3.00 bits per heavy atom. The summed E-state index contributed by atoms with van der Waals surface area (Å²) in [6.07, 6.45) is 2.84. The molecule has 0 radical (unpaired) electrons. The Hall–Kier alpha value is -2.31. The van der Waals surface area contributed by atoms with Crippen LogP contribution in [0.4, 0.5) is 0 Å². The topological polar surface area (TPSA) is 113 Å². The van der Waals surface area contributed by atoms with Crippen molar-refractivity contribution in [2.75, 3.05) is 0 Å². The summed E-state index contributed by atoms with van der Waals surface area (Å²) in [6.45, 7) is 0. The average Bonchev–Trinajstić information content (AvgIpc) is 2.50. The Morgan fingerprint density at radius 2 is 2.36 bits per heavy atom. The van der Waals surface area contributed by atoms with Gasteiger partial charge < -0.3 is 15.8 Å². The molecule has 72 valence electrons. The van der Waals surface area contributed by atoms with E-state index in [4.69, 9.17) is 5.73 Å². The minimum Gasteiger partial charge on any atom is -0.492 e. The number of aromatic amines is 1. The van der Waals surface area contributed by atoms with E-state index < -0.39 is 22.9 Å². The number of primary amides is 1. The molecular weight excluding hydrogens is 188 g/mol. The Morgan fingerprint density at radius 1 is 1.64 bits per heavy atom. The van der Waals surface area contributed by atoms with E-state index in [1.807, 2.05) is 0 Å². The maximum Gasteiger partial charge on any atom is 0.275 e. The largest absolute Gasteiger partial charge is 0.492 e. The molecule has 0 aliphatic rings. The van der Waals surface area contributed by atoms with Gasteiger partial charge >= 0.3 is 0 Å². The number of aromatic hydroxyl groups is 1. The Labute approximate surface area is 76.8 Å². The van der Waals surface area contributed by atoms with Crippen LogP contribution in [0.2, 0.25) is 0 Å². The van der Waals surface area contributed by atoms with Crippen LogP contribution in [0.15, 0.2) is 17.2 Å². The number of hydrogen-bond donors (Lipinski definition) is 3. The van der Waals surface area contributed by atoms with Gasteiger partial charge in [0, 0.05) is 12.4 Å². The molecule has 0 saturated heterocycles. The minimum absolute atomic E-state index is 0.150. The monoisotopic (exact) mass is 194 g/mol. The molecule has 0 aliphatic carbocycles. The number of nitrogens with one attached hydrogen (secondary N) is 1. The fourth-order valence-electron chi connectivity index (χ4n) is 1.16. The van der Waals surface area contributed by atoms with Crippen LogP contribution >= 0.6 is 0 Å². The lowest BCUT2D eigenvalue weighted by atomic mass is 10.3. The van der Waals surface area contributed by atoms with Crippen LogP contribution in [0, 0.1) is 0 Å². The summed E-state index contributed by atoms with van der Waals surface area (Å²) < 4.78 is 1.08. The lowest BCUT2D eigenvalue weighted by molar-refractivity contribution is 0.0995. The summed E-state index contributed by atoms with van der Waals surface area (Å²) in [5.74, 6) is -1.52. The molecule has 0 spiro atoms. The molecule has 2 rings (SSSR count). The highest BCUT2D eigenvalue weighted by Crippen LogP contribution is 2.08. The first-order chi connectivity index (χ1) is 6.61. The van der Waals surface area contributed by atoms with Gasteiger partial charge in [-0.1, -0.05) is 0 Å². The molecule has 14 heavy (non-hydrogen) atoms. The van der Waals surface area contributed by atoms with Gasteiger partial charge in [-0.2, -0.15) is 4.98 Å². The van der Waals surface area contributed by atoms with Crippen LogP contribution in [-0.2, 0) is 0 Å². The molecule has 7 heteroatoms. The third-order valence-corrected chi connectivity index (χ3v) is 1.78. The van der Waals surface area contributed by atoms with Gasteiger partial charge in [0.15, 0.2) is 5.56 Å². The zero-order valence-corrected chi connectivity index (χ0v) is 6.89. The highest BCUT2D eigenvalue weighted by atomic mass is 16.3. The van der Waals surface area contributed by atoms with Crippen molar-refractivity contribution >= 4 is 11.7 Å². The minimum atomic E-state index is -1.00. The van der Waals surface area contributed by atoms with Crippen molar-refractivity contribution in [3.63, 3.8) is 0 Å². The van der Waals surface area contributed by atoms with E-state index in [1.165, 1.54) is 12.4 Å². The zero-order chi connectivity index (χ0) is 10.3. The normalized spacial score (nSPS) is 10.6. The molecule has 0 fully saturated rings. The molecule has 7 nitrogen and oxygen atoms in total. The number of aromatic nitrogens is 3. The molecular formula is C7H6N4O3. The number of amides is 1. The van der Waals surface area contributed by atoms with Crippen LogP contribution in [0.3, 0.4) is 0 Å². The predicted octanol–water partition coefficient (Wildman–Crippen LogP) is -1.17. The Balaban J connectivity index is 2.97. The molecule has 2 aromatic heterocycles. The number of hydrogen-bond acceptors (Lipinski definition) is 4. The van der Waals surface area contributed by atoms with Crippen molar-refractivity contribution in [3.05, 3.63) is 28.3 Å². The van der Waals surface area contributed by atoms with Gasteiger partial charge in [-0.05, 0) is 0 Å². The highest BCUT2D eigenvalue weighted by molar-refractivity contribution is 5.94. The van der Waals surface area contributed by atoms with Crippen molar-refractivity contribution in [3.8, 4) is 5.88 Å². The van der Waals surface area contributed by atoms with Gasteiger partial charge in [0.1, 0.15) is 0 Å².